The summed E-state index contributed by atoms with van der Waals surface area (Å²) < 4.78 is 11.4. The van der Waals surface area contributed by atoms with Gasteiger partial charge in [-0.1, -0.05) is 35.3 Å². The Morgan fingerprint density at radius 2 is 1.73 bits per heavy atom. The Kier molecular flexibility index (Phi) is 5.56. The summed E-state index contributed by atoms with van der Waals surface area (Å²) >= 11 is 11.6. The van der Waals surface area contributed by atoms with Gasteiger partial charge < -0.3 is 5.32 Å². The van der Waals surface area contributed by atoms with Crippen LogP contribution in [0.5, 0.6) is 0 Å². The predicted octanol–water partition coefficient (Wildman–Crippen LogP) is 3.62. The maximum atomic E-state index is 12.2. The van der Waals surface area contributed by atoms with Gasteiger partial charge in [-0.25, -0.2) is 4.98 Å². The topological polar surface area (TPSA) is 59.1 Å². The molecule has 1 heterocycles. The molecule has 22 heavy (non-hydrogen) atoms. The summed E-state index contributed by atoms with van der Waals surface area (Å²) in [6.07, 6.45) is 1.62. The molecule has 0 fully saturated rings. The van der Waals surface area contributed by atoms with Gasteiger partial charge in [-0.3, -0.25) is 9.00 Å². The molecule has 2 atom stereocenters. The third-order valence-corrected chi connectivity index (χ3v) is 4.41. The zero-order valence-corrected chi connectivity index (χ0v) is 14.3. The second-order valence-corrected chi connectivity index (χ2v) is 6.87. The summed E-state index contributed by atoms with van der Waals surface area (Å²) in [6.45, 7) is 1.86. The molecule has 116 valence electrons. The zero-order chi connectivity index (χ0) is 16.3. The predicted molar refractivity (Wildman–Crippen MR) is 88.9 cm³/mol. The molecule has 0 saturated heterocycles. The molecule has 1 amide bonds. The lowest BCUT2D eigenvalue weighted by atomic mass is 10.1. The van der Waals surface area contributed by atoms with Crippen LogP contribution in [0.3, 0.4) is 0 Å². The van der Waals surface area contributed by atoms with Crippen LogP contribution in [-0.4, -0.2) is 21.4 Å². The molecule has 0 aliphatic carbocycles. The number of carbonyl (C=O) groups is 1. The number of amides is 1. The van der Waals surface area contributed by atoms with Crippen molar-refractivity contribution in [2.24, 2.45) is 0 Å². The number of pyridine rings is 1. The van der Waals surface area contributed by atoms with Crippen molar-refractivity contribution < 1.29 is 9.00 Å². The van der Waals surface area contributed by atoms with Crippen molar-refractivity contribution in [3.05, 3.63) is 57.8 Å². The highest BCUT2D eigenvalue weighted by Gasteiger charge is 2.13. The van der Waals surface area contributed by atoms with Gasteiger partial charge in [0.15, 0.2) is 0 Å². The fourth-order valence-corrected chi connectivity index (χ4v) is 2.89. The number of aromatic nitrogens is 1. The molecular weight excluding hydrogens is 343 g/mol. The number of benzene rings is 1. The van der Waals surface area contributed by atoms with Crippen molar-refractivity contribution in [2.45, 2.75) is 17.9 Å². The second-order valence-electron chi connectivity index (χ2n) is 4.72. The lowest BCUT2D eigenvalue weighted by Gasteiger charge is -2.15. The van der Waals surface area contributed by atoms with Crippen LogP contribution in [0.2, 0.25) is 10.3 Å². The summed E-state index contributed by atoms with van der Waals surface area (Å²) in [7, 11) is -1.02. The van der Waals surface area contributed by atoms with Gasteiger partial charge in [0.1, 0.15) is 10.3 Å². The Morgan fingerprint density at radius 1 is 1.18 bits per heavy atom. The third kappa shape index (κ3) is 4.29. The van der Waals surface area contributed by atoms with Crippen molar-refractivity contribution in [1.82, 2.24) is 10.3 Å². The highest BCUT2D eigenvalue weighted by Crippen LogP contribution is 2.18. The molecule has 2 rings (SSSR count). The van der Waals surface area contributed by atoms with Gasteiger partial charge in [-0.05, 0) is 36.8 Å². The van der Waals surface area contributed by atoms with Crippen LogP contribution in [0.4, 0.5) is 0 Å². The Hall–Kier alpha value is -1.43. The number of nitrogens with one attached hydrogen (secondary N) is 1. The molecule has 1 aromatic heterocycles. The van der Waals surface area contributed by atoms with Crippen LogP contribution in [0.15, 0.2) is 41.3 Å². The van der Waals surface area contributed by atoms with Crippen molar-refractivity contribution in [1.29, 1.82) is 0 Å². The van der Waals surface area contributed by atoms with Crippen LogP contribution in [0, 0.1) is 0 Å². The monoisotopic (exact) mass is 356 g/mol. The Morgan fingerprint density at radius 3 is 2.23 bits per heavy atom. The summed E-state index contributed by atoms with van der Waals surface area (Å²) in [5, 5.41) is 3.19. The van der Waals surface area contributed by atoms with E-state index in [2.05, 4.69) is 10.3 Å². The third-order valence-electron chi connectivity index (χ3n) is 3.08. The molecule has 0 saturated carbocycles. The largest absolute Gasteiger partial charge is 0.346 e. The number of halogens is 2. The zero-order valence-electron chi connectivity index (χ0n) is 12.0. The van der Waals surface area contributed by atoms with E-state index in [0.717, 1.165) is 10.5 Å². The minimum atomic E-state index is -1.02. The first kappa shape index (κ1) is 16.9. The normalized spacial score (nSPS) is 13.5. The van der Waals surface area contributed by atoms with Crippen molar-refractivity contribution in [3.63, 3.8) is 0 Å². The summed E-state index contributed by atoms with van der Waals surface area (Å²) in [4.78, 5) is 16.8. The first-order chi connectivity index (χ1) is 10.4. The molecule has 0 aliphatic rings. The van der Waals surface area contributed by atoms with Crippen LogP contribution in [-0.2, 0) is 10.8 Å². The average Bonchev–Trinajstić information content (AvgIpc) is 2.46. The first-order valence-corrected chi connectivity index (χ1v) is 8.75. The Labute approximate surface area is 141 Å². The second kappa shape index (κ2) is 7.22. The first-order valence-electron chi connectivity index (χ1n) is 6.44. The highest BCUT2D eigenvalue weighted by molar-refractivity contribution is 7.84. The molecule has 2 aromatic rings. The van der Waals surface area contributed by atoms with Gasteiger partial charge in [-0.15, -0.1) is 0 Å². The maximum absolute atomic E-state index is 12.2. The fourth-order valence-electron chi connectivity index (χ4n) is 1.91. The van der Waals surface area contributed by atoms with E-state index >= 15 is 0 Å². The van der Waals surface area contributed by atoms with Gasteiger partial charge in [0.25, 0.3) is 5.91 Å². The molecule has 4 nitrogen and oxygen atoms in total. The SMILES string of the molecule is CC(NC(=O)c1cc(Cl)nc(Cl)c1)c1ccc(S(C)=O)cc1. The number of carbonyl (C=O) groups excluding carboxylic acids is 1. The van der Waals surface area contributed by atoms with E-state index in [0.29, 0.717) is 5.56 Å². The van der Waals surface area contributed by atoms with Gasteiger partial charge in [0.2, 0.25) is 0 Å². The molecular formula is C15H14Cl2N2O2S. The molecule has 0 spiro atoms. The van der Waals surface area contributed by atoms with Gasteiger partial charge in [0, 0.05) is 27.5 Å². The summed E-state index contributed by atoms with van der Waals surface area (Å²) in [6, 6.07) is 9.96. The minimum Gasteiger partial charge on any atom is -0.346 e. The summed E-state index contributed by atoms with van der Waals surface area (Å²) in [5.74, 6) is -0.290. The Bertz CT molecular complexity index is 700. The van der Waals surface area contributed by atoms with E-state index < -0.39 is 10.8 Å². The summed E-state index contributed by atoms with van der Waals surface area (Å²) in [5.41, 5.74) is 1.26. The standard InChI is InChI=1S/C15H14Cl2N2O2S/c1-9(10-3-5-12(6-4-10)22(2)21)18-15(20)11-7-13(16)19-14(17)8-11/h3-9H,1-2H3,(H,18,20). The molecule has 0 bridgehead atoms. The van der Waals surface area contributed by atoms with E-state index in [1.54, 1.807) is 18.4 Å². The van der Waals surface area contributed by atoms with Crippen molar-refractivity contribution in [2.75, 3.05) is 6.26 Å². The molecule has 1 N–H and O–H groups in total. The smallest absolute Gasteiger partial charge is 0.251 e. The number of hydrogen-bond donors (Lipinski definition) is 1. The van der Waals surface area contributed by atoms with E-state index in [9.17, 15) is 9.00 Å². The van der Waals surface area contributed by atoms with E-state index in [1.807, 2.05) is 19.1 Å². The van der Waals surface area contributed by atoms with E-state index in [1.165, 1.54) is 12.1 Å². The highest BCUT2D eigenvalue weighted by atomic mass is 35.5. The maximum Gasteiger partial charge on any atom is 0.251 e. The fraction of sp³-hybridized carbons (Fsp3) is 0.200. The minimum absolute atomic E-state index is 0.167. The van der Waals surface area contributed by atoms with Crippen molar-refractivity contribution >= 4 is 39.9 Å². The van der Waals surface area contributed by atoms with Gasteiger partial charge in [0.05, 0.1) is 6.04 Å². The average molecular weight is 357 g/mol. The van der Waals surface area contributed by atoms with E-state index in [4.69, 9.17) is 23.2 Å². The quantitative estimate of drug-likeness (QED) is 0.851. The molecule has 0 radical (unpaired) electrons. The van der Waals surface area contributed by atoms with Gasteiger partial charge >= 0.3 is 0 Å². The van der Waals surface area contributed by atoms with Crippen molar-refractivity contribution in [3.8, 4) is 0 Å². The molecule has 1 aromatic carbocycles. The molecule has 0 aliphatic heterocycles. The lowest BCUT2D eigenvalue weighted by Crippen LogP contribution is -2.26. The van der Waals surface area contributed by atoms with Crippen LogP contribution in [0.1, 0.15) is 28.9 Å². The lowest BCUT2D eigenvalue weighted by molar-refractivity contribution is 0.0939. The van der Waals surface area contributed by atoms with Crippen LogP contribution in [0.25, 0.3) is 0 Å². The molecule has 7 heteroatoms. The van der Waals surface area contributed by atoms with Crippen LogP contribution >= 0.6 is 23.2 Å². The van der Waals surface area contributed by atoms with Gasteiger partial charge in [-0.2, -0.15) is 0 Å². The number of rotatable bonds is 4. The number of hydrogen-bond acceptors (Lipinski definition) is 3. The molecule has 2 unspecified atom stereocenters. The number of nitrogens with zero attached hydrogens (tertiary/aromatic N) is 1. The Balaban J connectivity index is 2.12. The van der Waals surface area contributed by atoms with E-state index in [-0.39, 0.29) is 22.3 Å². The van der Waals surface area contributed by atoms with Crippen LogP contribution < -0.4 is 5.32 Å².